The van der Waals surface area contributed by atoms with E-state index in [9.17, 15) is 4.79 Å². The molecule has 0 radical (unpaired) electrons. The van der Waals surface area contributed by atoms with Crippen LogP contribution >= 0.6 is 11.6 Å². The van der Waals surface area contributed by atoms with Crippen LogP contribution in [-0.4, -0.2) is 44.7 Å². The summed E-state index contributed by atoms with van der Waals surface area (Å²) in [5.41, 5.74) is 2.41. The topological polar surface area (TPSA) is 36.8 Å². The maximum Gasteiger partial charge on any atom is 0.275 e. The Morgan fingerprint density at radius 1 is 1.11 bits per heavy atom. The van der Waals surface area contributed by atoms with Gasteiger partial charge in [-0.2, -0.15) is 0 Å². The van der Waals surface area contributed by atoms with Crippen molar-refractivity contribution in [2.75, 3.05) is 37.6 Å². The molecule has 5 heteroatoms. The molecule has 1 aliphatic rings. The van der Waals surface area contributed by atoms with Crippen molar-refractivity contribution in [2.24, 2.45) is 0 Å². The van der Waals surface area contributed by atoms with Crippen LogP contribution in [0.5, 0.6) is 0 Å². The number of hydrogen-bond acceptors (Lipinski definition) is 2. The van der Waals surface area contributed by atoms with Gasteiger partial charge in [-0.15, -0.1) is 0 Å². The van der Waals surface area contributed by atoms with Gasteiger partial charge in [0.05, 0.1) is 36.9 Å². The van der Waals surface area contributed by atoms with Crippen LogP contribution in [0.25, 0.3) is 0 Å². The highest BCUT2D eigenvalue weighted by Crippen LogP contribution is 2.24. The summed E-state index contributed by atoms with van der Waals surface area (Å²) in [6.45, 7) is 6.40. The largest absolute Gasteiger partial charge is 0.359 e. The molecule has 0 aromatic heterocycles. The summed E-state index contributed by atoms with van der Waals surface area (Å²) in [7, 11) is 0. The van der Waals surface area contributed by atoms with E-state index in [-0.39, 0.29) is 11.9 Å². The van der Waals surface area contributed by atoms with Crippen LogP contribution in [-0.2, 0) is 11.2 Å². The van der Waals surface area contributed by atoms with E-state index in [1.165, 1.54) is 10.5 Å². The second-order valence-corrected chi connectivity index (χ2v) is 7.77. The van der Waals surface area contributed by atoms with Crippen LogP contribution in [0.2, 0.25) is 5.02 Å². The van der Waals surface area contributed by atoms with E-state index in [0.717, 1.165) is 49.7 Å². The minimum atomic E-state index is 0.150. The van der Waals surface area contributed by atoms with Crippen LogP contribution in [0.1, 0.15) is 18.9 Å². The van der Waals surface area contributed by atoms with Gasteiger partial charge in [0.15, 0.2) is 6.54 Å². The van der Waals surface area contributed by atoms with Gasteiger partial charge in [0.1, 0.15) is 0 Å². The highest BCUT2D eigenvalue weighted by molar-refractivity contribution is 6.33. The van der Waals surface area contributed by atoms with Crippen molar-refractivity contribution >= 4 is 23.2 Å². The average molecular weight is 387 g/mol. The number of halogens is 1. The van der Waals surface area contributed by atoms with E-state index in [0.29, 0.717) is 6.54 Å². The highest BCUT2D eigenvalue weighted by Gasteiger charge is 2.23. The molecule has 0 unspecified atom stereocenters. The molecule has 1 heterocycles. The van der Waals surface area contributed by atoms with Crippen LogP contribution in [0.15, 0.2) is 54.6 Å². The normalized spacial score (nSPS) is 16.1. The number of carbonyl (C=O) groups is 1. The van der Waals surface area contributed by atoms with Crippen molar-refractivity contribution in [2.45, 2.75) is 25.8 Å². The lowest BCUT2D eigenvalue weighted by atomic mass is 10.1. The molecule has 1 amide bonds. The predicted molar refractivity (Wildman–Crippen MR) is 112 cm³/mol. The molecule has 1 fully saturated rings. The summed E-state index contributed by atoms with van der Waals surface area (Å²) in [4.78, 5) is 16.0. The van der Waals surface area contributed by atoms with E-state index in [1.54, 1.807) is 0 Å². The SMILES string of the molecule is C[C@@H](CCc1ccccc1)NC(=O)C[NH+]1CCN(c2ccccc2Cl)CC1. The number of hydrogen-bond donors (Lipinski definition) is 2. The van der Waals surface area contributed by atoms with Crippen LogP contribution < -0.4 is 15.1 Å². The Bertz CT molecular complexity index is 729. The number of nitrogens with one attached hydrogen (secondary N) is 2. The Balaban J connectivity index is 1.38. The summed E-state index contributed by atoms with van der Waals surface area (Å²) in [5, 5.41) is 3.95. The quantitative estimate of drug-likeness (QED) is 0.765. The molecule has 0 spiro atoms. The van der Waals surface area contributed by atoms with Crippen LogP contribution in [0, 0.1) is 0 Å². The molecule has 4 nitrogen and oxygen atoms in total. The van der Waals surface area contributed by atoms with Gasteiger partial charge >= 0.3 is 0 Å². The Hall–Kier alpha value is -2.04. The number of carbonyl (C=O) groups excluding carboxylic acids is 1. The molecular formula is C22H29ClN3O+. The van der Waals surface area contributed by atoms with Crippen LogP contribution in [0.4, 0.5) is 5.69 Å². The van der Waals surface area contributed by atoms with Gasteiger partial charge in [-0.05, 0) is 37.5 Å². The summed E-state index contributed by atoms with van der Waals surface area (Å²) in [6, 6.07) is 18.6. The Labute approximate surface area is 167 Å². The lowest BCUT2D eigenvalue weighted by molar-refractivity contribution is -0.892. The van der Waals surface area contributed by atoms with Gasteiger partial charge in [0, 0.05) is 6.04 Å². The smallest absolute Gasteiger partial charge is 0.275 e. The first-order chi connectivity index (χ1) is 13.1. The molecule has 2 aromatic rings. The number of quaternary nitrogens is 1. The number of aryl methyl sites for hydroxylation is 1. The van der Waals surface area contributed by atoms with E-state index in [2.05, 4.69) is 47.5 Å². The molecule has 3 rings (SSSR count). The number of anilines is 1. The van der Waals surface area contributed by atoms with Gasteiger partial charge in [0.2, 0.25) is 0 Å². The van der Waals surface area contributed by atoms with E-state index in [1.807, 2.05) is 24.3 Å². The second-order valence-electron chi connectivity index (χ2n) is 7.36. The molecule has 1 aliphatic heterocycles. The first-order valence-electron chi connectivity index (χ1n) is 9.78. The predicted octanol–water partition coefficient (Wildman–Crippen LogP) is 2.18. The van der Waals surface area contributed by atoms with Gasteiger partial charge in [-0.25, -0.2) is 0 Å². The summed E-state index contributed by atoms with van der Waals surface area (Å²) >= 11 is 6.30. The molecule has 1 saturated heterocycles. The fourth-order valence-electron chi connectivity index (χ4n) is 3.60. The first kappa shape index (κ1) is 19.7. The number of para-hydroxylation sites is 1. The third-order valence-electron chi connectivity index (χ3n) is 5.19. The third kappa shape index (κ3) is 5.98. The molecule has 0 aliphatic carbocycles. The minimum absolute atomic E-state index is 0.150. The first-order valence-corrected chi connectivity index (χ1v) is 10.2. The van der Waals surface area contributed by atoms with Gasteiger partial charge in [-0.3, -0.25) is 4.79 Å². The zero-order chi connectivity index (χ0) is 19.1. The van der Waals surface area contributed by atoms with E-state index in [4.69, 9.17) is 11.6 Å². The van der Waals surface area contributed by atoms with E-state index < -0.39 is 0 Å². The second kappa shape index (κ2) is 9.77. The maximum absolute atomic E-state index is 12.4. The number of piperazine rings is 1. The molecule has 0 saturated carbocycles. The maximum atomic E-state index is 12.4. The zero-order valence-corrected chi connectivity index (χ0v) is 16.7. The van der Waals surface area contributed by atoms with E-state index >= 15 is 0 Å². The van der Waals surface area contributed by atoms with Crippen molar-refractivity contribution < 1.29 is 9.69 Å². The van der Waals surface area contributed by atoms with Gasteiger partial charge in [0.25, 0.3) is 5.91 Å². The molecule has 2 aromatic carbocycles. The Kier molecular flexibility index (Phi) is 7.13. The van der Waals surface area contributed by atoms with Crippen molar-refractivity contribution in [1.82, 2.24) is 5.32 Å². The van der Waals surface area contributed by atoms with Crippen molar-refractivity contribution in [3.05, 3.63) is 65.2 Å². The number of nitrogens with zero attached hydrogens (tertiary/aromatic N) is 1. The Morgan fingerprint density at radius 3 is 2.48 bits per heavy atom. The number of rotatable bonds is 7. The molecule has 2 N–H and O–H groups in total. The average Bonchev–Trinajstić information content (AvgIpc) is 2.68. The standard InChI is InChI=1S/C22H28ClN3O/c1-18(11-12-19-7-3-2-4-8-19)24-22(27)17-25-13-15-26(16-14-25)21-10-6-5-9-20(21)23/h2-10,18H,11-17H2,1H3,(H,24,27)/p+1/t18-/m0/s1. The fourth-order valence-corrected chi connectivity index (χ4v) is 3.86. The summed E-state index contributed by atoms with van der Waals surface area (Å²) in [6.07, 6.45) is 1.96. The molecule has 0 bridgehead atoms. The van der Waals surface area contributed by atoms with Crippen molar-refractivity contribution in [3.63, 3.8) is 0 Å². The minimum Gasteiger partial charge on any atom is -0.359 e. The number of benzene rings is 2. The van der Waals surface area contributed by atoms with Crippen LogP contribution in [0.3, 0.4) is 0 Å². The molecular weight excluding hydrogens is 358 g/mol. The summed E-state index contributed by atoms with van der Waals surface area (Å²) in [5.74, 6) is 0.150. The fraction of sp³-hybridized carbons (Fsp3) is 0.409. The molecule has 27 heavy (non-hydrogen) atoms. The Morgan fingerprint density at radius 2 is 1.78 bits per heavy atom. The zero-order valence-electron chi connectivity index (χ0n) is 16.0. The van der Waals surface area contributed by atoms with Gasteiger partial charge in [-0.1, -0.05) is 54.1 Å². The highest BCUT2D eigenvalue weighted by atomic mass is 35.5. The molecule has 1 atom stereocenters. The lowest BCUT2D eigenvalue weighted by Crippen LogP contribution is -3.16. The van der Waals surface area contributed by atoms with Crippen molar-refractivity contribution in [1.29, 1.82) is 0 Å². The van der Waals surface area contributed by atoms with Gasteiger partial charge < -0.3 is 15.1 Å². The molecule has 144 valence electrons. The lowest BCUT2D eigenvalue weighted by Gasteiger charge is -2.33. The van der Waals surface area contributed by atoms with Crippen molar-refractivity contribution in [3.8, 4) is 0 Å². The number of amides is 1. The third-order valence-corrected chi connectivity index (χ3v) is 5.51. The summed E-state index contributed by atoms with van der Waals surface area (Å²) < 4.78 is 0. The monoisotopic (exact) mass is 386 g/mol.